The highest BCUT2D eigenvalue weighted by atomic mass is 16.2. The van der Waals surface area contributed by atoms with Gasteiger partial charge in [0, 0.05) is 36.7 Å². The molecule has 2 aliphatic rings. The zero-order valence-corrected chi connectivity index (χ0v) is 12.9. The summed E-state index contributed by atoms with van der Waals surface area (Å²) in [5, 5.41) is 3.00. The van der Waals surface area contributed by atoms with Crippen molar-refractivity contribution in [3.63, 3.8) is 0 Å². The van der Waals surface area contributed by atoms with Gasteiger partial charge in [-0.15, -0.1) is 0 Å². The Labute approximate surface area is 135 Å². The van der Waals surface area contributed by atoms with Gasteiger partial charge in [-0.05, 0) is 42.3 Å². The van der Waals surface area contributed by atoms with Crippen molar-refractivity contribution in [1.82, 2.24) is 4.90 Å². The SMILES string of the molecule is Nc1ccc(N2CC[C@@H](N3Cc4ccccc4NC3=O)C2)cc1. The molecule has 1 atom stereocenters. The molecule has 23 heavy (non-hydrogen) atoms. The molecular weight excluding hydrogens is 288 g/mol. The standard InChI is InChI=1S/C18H20N4O/c19-14-5-7-15(8-6-14)21-10-9-16(12-21)22-11-13-3-1-2-4-17(13)20-18(22)23/h1-8,16H,9-12,19H2,(H,20,23)/t16-/m1/s1. The molecule has 0 aliphatic carbocycles. The van der Waals surface area contributed by atoms with Crippen molar-refractivity contribution in [2.75, 3.05) is 29.0 Å². The smallest absolute Gasteiger partial charge is 0.322 e. The minimum absolute atomic E-state index is 0.00727. The first-order valence-corrected chi connectivity index (χ1v) is 7.97. The molecule has 0 spiro atoms. The summed E-state index contributed by atoms with van der Waals surface area (Å²) in [5.41, 5.74) is 9.81. The highest BCUT2D eigenvalue weighted by molar-refractivity contribution is 5.92. The normalized spacial score (nSPS) is 20.3. The van der Waals surface area contributed by atoms with Gasteiger partial charge >= 0.3 is 6.03 Å². The van der Waals surface area contributed by atoms with E-state index >= 15 is 0 Å². The number of hydrogen-bond acceptors (Lipinski definition) is 3. The van der Waals surface area contributed by atoms with E-state index in [9.17, 15) is 4.79 Å². The second-order valence-corrected chi connectivity index (χ2v) is 6.20. The monoisotopic (exact) mass is 308 g/mol. The largest absolute Gasteiger partial charge is 0.399 e. The summed E-state index contributed by atoms with van der Waals surface area (Å²) in [5.74, 6) is 0. The zero-order chi connectivity index (χ0) is 15.8. The number of hydrogen-bond donors (Lipinski definition) is 2. The van der Waals surface area contributed by atoms with Crippen molar-refractivity contribution in [2.45, 2.75) is 19.0 Å². The number of nitrogens with one attached hydrogen (secondary N) is 1. The third-order valence-electron chi connectivity index (χ3n) is 4.72. The minimum atomic E-state index is 0.00727. The van der Waals surface area contributed by atoms with Crippen molar-refractivity contribution in [1.29, 1.82) is 0 Å². The van der Waals surface area contributed by atoms with E-state index in [0.717, 1.165) is 30.9 Å². The van der Waals surface area contributed by atoms with E-state index in [0.29, 0.717) is 6.54 Å². The van der Waals surface area contributed by atoms with Crippen LogP contribution < -0.4 is 16.0 Å². The fourth-order valence-electron chi connectivity index (χ4n) is 3.43. The Bertz CT molecular complexity index is 728. The molecule has 0 unspecified atom stereocenters. The first-order chi connectivity index (χ1) is 11.2. The molecule has 2 aromatic rings. The van der Waals surface area contributed by atoms with E-state index in [1.165, 1.54) is 11.3 Å². The molecule has 5 heteroatoms. The van der Waals surface area contributed by atoms with Crippen molar-refractivity contribution < 1.29 is 4.79 Å². The Hall–Kier alpha value is -2.69. The van der Waals surface area contributed by atoms with Gasteiger partial charge in [0.15, 0.2) is 0 Å². The third kappa shape index (κ3) is 2.59. The van der Waals surface area contributed by atoms with Crippen LogP contribution in [-0.2, 0) is 6.54 Å². The van der Waals surface area contributed by atoms with Crippen molar-refractivity contribution in [2.24, 2.45) is 0 Å². The van der Waals surface area contributed by atoms with Gasteiger partial charge in [-0.2, -0.15) is 0 Å². The van der Waals surface area contributed by atoms with Crippen LogP contribution in [0.4, 0.5) is 21.9 Å². The van der Waals surface area contributed by atoms with Crippen LogP contribution in [0.2, 0.25) is 0 Å². The van der Waals surface area contributed by atoms with Crippen molar-refractivity contribution in [3.8, 4) is 0 Å². The molecule has 0 aromatic heterocycles. The lowest BCUT2D eigenvalue weighted by Gasteiger charge is -2.34. The third-order valence-corrected chi connectivity index (χ3v) is 4.72. The van der Waals surface area contributed by atoms with Crippen molar-refractivity contribution >= 4 is 23.1 Å². The van der Waals surface area contributed by atoms with Crippen LogP contribution in [0.3, 0.4) is 0 Å². The van der Waals surface area contributed by atoms with Gasteiger partial charge in [0.25, 0.3) is 0 Å². The number of anilines is 3. The van der Waals surface area contributed by atoms with Gasteiger partial charge in [-0.3, -0.25) is 0 Å². The number of nitrogen functional groups attached to an aromatic ring is 1. The van der Waals surface area contributed by atoms with Gasteiger partial charge < -0.3 is 20.9 Å². The topological polar surface area (TPSA) is 61.6 Å². The van der Waals surface area contributed by atoms with Gasteiger partial charge in [0.2, 0.25) is 0 Å². The molecule has 0 bridgehead atoms. The molecule has 2 aliphatic heterocycles. The molecule has 3 N–H and O–H groups in total. The Balaban J connectivity index is 1.49. The van der Waals surface area contributed by atoms with E-state index in [1.54, 1.807) is 0 Å². The molecule has 5 nitrogen and oxygen atoms in total. The van der Waals surface area contributed by atoms with E-state index in [2.05, 4.69) is 16.3 Å². The maximum atomic E-state index is 12.4. The molecule has 2 aromatic carbocycles. The number of nitrogens with zero attached hydrogens (tertiary/aromatic N) is 2. The van der Waals surface area contributed by atoms with Crippen LogP contribution in [0, 0.1) is 0 Å². The average Bonchev–Trinajstić information content (AvgIpc) is 3.04. The number of amides is 2. The number of carbonyl (C=O) groups is 1. The second-order valence-electron chi connectivity index (χ2n) is 6.20. The summed E-state index contributed by atoms with van der Waals surface area (Å²) in [6.07, 6.45) is 0.986. The summed E-state index contributed by atoms with van der Waals surface area (Å²) >= 11 is 0. The lowest BCUT2D eigenvalue weighted by Crippen LogP contribution is -2.46. The van der Waals surface area contributed by atoms with Crippen LogP contribution in [0.5, 0.6) is 0 Å². The van der Waals surface area contributed by atoms with E-state index in [1.807, 2.05) is 47.4 Å². The molecule has 1 saturated heterocycles. The van der Waals surface area contributed by atoms with Crippen LogP contribution in [-0.4, -0.2) is 30.1 Å². The highest BCUT2D eigenvalue weighted by Gasteiger charge is 2.33. The van der Waals surface area contributed by atoms with Gasteiger partial charge in [0.05, 0.1) is 6.04 Å². The molecular formula is C18H20N4O. The Kier molecular flexibility index (Phi) is 3.33. The first kappa shape index (κ1) is 13.9. The summed E-state index contributed by atoms with van der Waals surface area (Å²) in [6.45, 7) is 2.50. The fourth-order valence-corrected chi connectivity index (χ4v) is 3.43. The van der Waals surface area contributed by atoms with E-state index in [-0.39, 0.29) is 12.1 Å². The molecule has 1 fully saturated rings. The molecule has 118 valence electrons. The number of para-hydroxylation sites is 1. The first-order valence-electron chi connectivity index (χ1n) is 7.97. The fraction of sp³-hybridized carbons (Fsp3) is 0.278. The quantitative estimate of drug-likeness (QED) is 0.839. The lowest BCUT2D eigenvalue weighted by molar-refractivity contribution is 0.186. The van der Waals surface area contributed by atoms with E-state index < -0.39 is 0 Å². The van der Waals surface area contributed by atoms with Gasteiger partial charge in [-0.1, -0.05) is 18.2 Å². The molecule has 0 radical (unpaired) electrons. The van der Waals surface area contributed by atoms with Crippen LogP contribution >= 0.6 is 0 Å². The van der Waals surface area contributed by atoms with Crippen molar-refractivity contribution in [3.05, 3.63) is 54.1 Å². The second kappa shape index (κ2) is 5.50. The summed E-state index contributed by atoms with van der Waals surface area (Å²) in [4.78, 5) is 16.7. The maximum Gasteiger partial charge on any atom is 0.322 e. The number of carbonyl (C=O) groups excluding carboxylic acids is 1. The summed E-state index contributed by atoms with van der Waals surface area (Å²) in [7, 11) is 0. The Morgan fingerprint density at radius 1 is 1.09 bits per heavy atom. The Morgan fingerprint density at radius 3 is 2.70 bits per heavy atom. The van der Waals surface area contributed by atoms with Crippen LogP contribution in [0.25, 0.3) is 0 Å². The molecule has 2 heterocycles. The zero-order valence-electron chi connectivity index (χ0n) is 12.9. The maximum absolute atomic E-state index is 12.4. The predicted octanol–water partition coefficient (Wildman–Crippen LogP) is 2.90. The number of nitrogens with two attached hydrogens (primary N) is 1. The molecule has 4 rings (SSSR count). The molecule has 0 saturated carbocycles. The minimum Gasteiger partial charge on any atom is -0.399 e. The van der Waals surface area contributed by atoms with Crippen LogP contribution in [0.1, 0.15) is 12.0 Å². The highest BCUT2D eigenvalue weighted by Crippen LogP contribution is 2.29. The van der Waals surface area contributed by atoms with Gasteiger partial charge in [-0.25, -0.2) is 4.79 Å². The summed E-state index contributed by atoms with van der Waals surface area (Å²) < 4.78 is 0. The number of benzene rings is 2. The number of fused-ring (bicyclic) bond motifs is 1. The molecule has 2 amide bonds. The van der Waals surface area contributed by atoms with E-state index in [4.69, 9.17) is 5.73 Å². The van der Waals surface area contributed by atoms with Crippen LogP contribution in [0.15, 0.2) is 48.5 Å². The predicted molar refractivity (Wildman–Crippen MR) is 92.5 cm³/mol. The average molecular weight is 308 g/mol. The number of rotatable bonds is 2. The summed E-state index contributed by atoms with van der Waals surface area (Å²) in [6, 6.07) is 16.2. The lowest BCUT2D eigenvalue weighted by atomic mass is 10.1. The van der Waals surface area contributed by atoms with Gasteiger partial charge in [0.1, 0.15) is 0 Å². The number of urea groups is 1. The Morgan fingerprint density at radius 2 is 1.87 bits per heavy atom.